The van der Waals surface area contributed by atoms with E-state index in [-0.39, 0.29) is 0 Å². The minimum absolute atomic E-state index is 1.03. The molecule has 0 saturated carbocycles. The zero-order chi connectivity index (χ0) is 11.1. The number of aryl methyl sites for hydroxylation is 1. The van der Waals surface area contributed by atoms with Gasteiger partial charge in [0.1, 0.15) is 0 Å². The molecule has 1 aromatic carbocycles. The first-order valence-corrected chi connectivity index (χ1v) is 6.13. The molecule has 15 heavy (non-hydrogen) atoms. The van der Waals surface area contributed by atoms with Crippen LogP contribution in [0.4, 0.5) is 0 Å². The molecule has 84 valence electrons. The summed E-state index contributed by atoms with van der Waals surface area (Å²) < 4.78 is 1.17. The molecule has 0 aliphatic heterocycles. The monoisotopic (exact) mass is 270 g/mol. The Morgan fingerprint density at radius 2 is 2.00 bits per heavy atom. The van der Waals surface area contributed by atoms with Gasteiger partial charge in [-0.3, -0.25) is 0 Å². The molecule has 0 aliphatic rings. The lowest BCUT2D eigenvalue weighted by Gasteiger charge is -2.07. The van der Waals surface area contributed by atoms with Crippen molar-refractivity contribution in [2.75, 3.05) is 26.7 Å². The first kappa shape index (κ1) is 12.7. The van der Waals surface area contributed by atoms with Gasteiger partial charge in [0.2, 0.25) is 0 Å². The van der Waals surface area contributed by atoms with Gasteiger partial charge in [-0.2, -0.15) is 0 Å². The van der Waals surface area contributed by atoms with Crippen LogP contribution in [0.1, 0.15) is 11.1 Å². The van der Waals surface area contributed by atoms with E-state index in [4.69, 9.17) is 0 Å². The molecular formula is C12H19BrN2. The molecule has 0 unspecified atom stereocenters. The highest BCUT2D eigenvalue weighted by Crippen LogP contribution is 2.16. The Balaban J connectivity index is 2.33. The highest BCUT2D eigenvalue weighted by molar-refractivity contribution is 9.10. The van der Waals surface area contributed by atoms with Gasteiger partial charge in [0.25, 0.3) is 0 Å². The van der Waals surface area contributed by atoms with Gasteiger partial charge in [-0.15, -0.1) is 0 Å². The van der Waals surface area contributed by atoms with E-state index in [0.717, 1.165) is 26.1 Å². The first-order valence-electron chi connectivity index (χ1n) is 5.34. The molecule has 1 aromatic rings. The van der Waals surface area contributed by atoms with Crippen LogP contribution >= 0.6 is 15.9 Å². The number of hydrogen-bond acceptors (Lipinski definition) is 2. The van der Waals surface area contributed by atoms with Crippen LogP contribution in [0.25, 0.3) is 0 Å². The molecule has 0 heterocycles. The minimum Gasteiger partial charge on any atom is -0.318 e. The predicted octanol–water partition coefficient (Wildman–Crippen LogP) is 2.11. The van der Waals surface area contributed by atoms with E-state index < -0.39 is 0 Å². The van der Waals surface area contributed by atoms with E-state index in [0.29, 0.717) is 0 Å². The van der Waals surface area contributed by atoms with Gasteiger partial charge in [-0.25, -0.2) is 0 Å². The topological polar surface area (TPSA) is 24.1 Å². The van der Waals surface area contributed by atoms with Crippen molar-refractivity contribution in [2.45, 2.75) is 13.3 Å². The molecule has 3 heteroatoms. The van der Waals surface area contributed by atoms with Gasteiger partial charge in [0.15, 0.2) is 0 Å². The maximum atomic E-state index is 3.50. The quantitative estimate of drug-likeness (QED) is 0.774. The Bertz CT molecular complexity index is 300. The van der Waals surface area contributed by atoms with Gasteiger partial charge in [-0.1, -0.05) is 22.0 Å². The van der Waals surface area contributed by atoms with Crippen molar-refractivity contribution in [2.24, 2.45) is 0 Å². The van der Waals surface area contributed by atoms with Crippen LogP contribution in [0.2, 0.25) is 0 Å². The standard InChI is InChI=1S/C12H19BrN2/c1-10-3-4-12(13)9-11(10)5-6-15-8-7-14-2/h3-4,9,14-15H,5-8H2,1-2H3. The molecule has 2 nitrogen and oxygen atoms in total. The second kappa shape index (κ2) is 6.99. The molecule has 0 bridgehead atoms. The number of nitrogens with one attached hydrogen (secondary N) is 2. The summed E-state index contributed by atoms with van der Waals surface area (Å²) in [5.74, 6) is 0. The number of benzene rings is 1. The summed E-state index contributed by atoms with van der Waals surface area (Å²) in [5, 5.41) is 6.52. The summed E-state index contributed by atoms with van der Waals surface area (Å²) in [6, 6.07) is 6.45. The van der Waals surface area contributed by atoms with Crippen molar-refractivity contribution in [1.29, 1.82) is 0 Å². The maximum absolute atomic E-state index is 3.50. The van der Waals surface area contributed by atoms with Crippen molar-refractivity contribution >= 4 is 15.9 Å². The summed E-state index contributed by atoms with van der Waals surface area (Å²) in [6.07, 6.45) is 1.09. The lowest BCUT2D eigenvalue weighted by Crippen LogP contribution is -2.26. The molecule has 0 aliphatic carbocycles. The number of halogens is 1. The molecule has 0 atom stereocenters. The van der Waals surface area contributed by atoms with Crippen LogP contribution in [0.3, 0.4) is 0 Å². The first-order chi connectivity index (χ1) is 7.24. The Morgan fingerprint density at radius 3 is 2.73 bits per heavy atom. The lowest BCUT2D eigenvalue weighted by atomic mass is 10.1. The van der Waals surface area contributed by atoms with Crippen LogP contribution in [0.15, 0.2) is 22.7 Å². The lowest BCUT2D eigenvalue weighted by molar-refractivity contribution is 0.648. The van der Waals surface area contributed by atoms with E-state index in [9.17, 15) is 0 Å². The Hall–Kier alpha value is -0.380. The van der Waals surface area contributed by atoms with E-state index >= 15 is 0 Å². The summed E-state index contributed by atoms with van der Waals surface area (Å²) >= 11 is 3.50. The smallest absolute Gasteiger partial charge is 0.0178 e. The molecule has 2 N–H and O–H groups in total. The van der Waals surface area contributed by atoms with E-state index in [2.05, 4.69) is 51.7 Å². The van der Waals surface area contributed by atoms with Crippen LogP contribution in [0, 0.1) is 6.92 Å². The minimum atomic E-state index is 1.03. The SMILES string of the molecule is CNCCNCCc1cc(Br)ccc1C. The second-order valence-corrected chi connectivity index (χ2v) is 4.59. The Kier molecular flexibility index (Phi) is 5.91. The van der Waals surface area contributed by atoms with Gasteiger partial charge in [0.05, 0.1) is 0 Å². The van der Waals surface area contributed by atoms with Crippen molar-refractivity contribution in [3.05, 3.63) is 33.8 Å². The largest absolute Gasteiger partial charge is 0.318 e. The third-order valence-corrected chi connectivity index (χ3v) is 2.93. The molecule has 0 aromatic heterocycles. The third kappa shape index (κ3) is 4.78. The zero-order valence-electron chi connectivity index (χ0n) is 9.44. The normalized spacial score (nSPS) is 10.6. The Morgan fingerprint density at radius 1 is 1.20 bits per heavy atom. The van der Waals surface area contributed by atoms with Crippen molar-refractivity contribution in [3.63, 3.8) is 0 Å². The highest BCUT2D eigenvalue weighted by Gasteiger charge is 1.98. The van der Waals surface area contributed by atoms with Crippen LogP contribution in [0.5, 0.6) is 0 Å². The maximum Gasteiger partial charge on any atom is 0.0178 e. The van der Waals surface area contributed by atoms with Gasteiger partial charge in [0, 0.05) is 17.6 Å². The molecule has 0 fully saturated rings. The predicted molar refractivity (Wildman–Crippen MR) is 69.4 cm³/mol. The van der Waals surface area contributed by atoms with Crippen LogP contribution in [-0.2, 0) is 6.42 Å². The third-order valence-electron chi connectivity index (χ3n) is 2.43. The summed E-state index contributed by atoms with van der Waals surface area (Å²) in [7, 11) is 1.97. The summed E-state index contributed by atoms with van der Waals surface area (Å²) in [5.41, 5.74) is 2.79. The van der Waals surface area contributed by atoms with Crippen LogP contribution < -0.4 is 10.6 Å². The summed E-state index contributed by atoms with van der Waals surface area (Å²) in [6.45, 7) is 5.26. The number of rotatable bonds is 6. The molecule has 0 amide bonds. The van der Waals surface area contributed by atoms with Crippen molar-refractivity contribution < 1.29 is 0 Å². The average Bonchev–Trinajstić information content (AvgIpc) is 2.23. The number of hydrogen-bond donors (Lipinski definition) is 2. The fourth-order valence-electron chi connectivity index (χ4n) is 1.47. The molecular weight excluding hydrogens is 252 g/mol. The average molecular weight is 271 g/mol. The highest BCUT2D eigenvalue weighted by atomic mass is 79.9. The van der Waals surface area contributed by atoms with E-state index in [1.54, 1.807) is 0 Å². The molecule has 1 rings (SSSR count). The van der Waals surface area contributed by atoms with E-state index in [1.807, 2.05) is 7.05 Å². The second-order valence-electron chi connectivity index (χ2n) is 3.67. The fraction of sp³-hybridized carbons (Fsp3) is 0.500. The molecule has 0 spiro atoms. The van der Waals surface area contributed by atoms with Gasteiger partial charge >= 0.3 is 0 Å². The van der Waals surface area contributed by atoms with Gasteiger partial charge < -0.3 is 10.6 Å². The summed E-state index contributed by atoms with van der Waals surface area (Å²) in [4.78, 5) is 0. The van der Waals surface area contributed by atoms with Crippen LogP contribution in [-0.4, -0.2) is 26.7 Å². The van der Waals surface area contributed by atoms with E-state index in [1.165, 1.54) is 15.6 Å². The van der Waals surface area contributed by atoms with Gasteiger partial charge in [-0.05, 0) is 50.2 Å². The van der Waals surface area contributed by atoms with Crippen molar-refractivity contribution in [3.8, 4) is 0 Å². The molecule has 0 saturated heterocycles. The fourth-order valence-corrected chi connectivity index (χ4v) is 1.88. The Labute approximate surface area is 101 Å². The number of likely N-dealkylation sites (N-methyl/N-ethyl adjacent to an activating group) is 1. The zero-order valence-corrected chi connectivity index (χ0v) is 11.0. The van der Waals surface area contributed by atoms with Crippen molar-refractivity contribution in [1.82, 2.24) is 10.6 Å². The molecule has 0 radical (unpaired) electrons.